The average molecular weight is 600 g/mol. The van der Waals surface area contributed by atoms with Crippen LogP contribution in [0.3, 0.4) is 0 Å². The summed E-state index contributed by atoms with van der Waals surface area (Å²) in [5, 5.41) is 3.37. The number of methoxy groups -OCH3 is 1. The highest BCUT2D eigenvalue weighted by atomic mass is 35.5. The molecule has 3 rings (SSSR count). The Balaban J connectivity index is 2.05. The van der Waals surface area contributed by atoms with E-state index in [1.54, 1.807) is 60.7 Å². The van der Waals surface area contributed by atoms with Crippen LogP contribution >= 0.6 is 11.6 Å². The summed E-state index contributed by atoms with van der Waals surface area (Å²) in [7, 11) is -2.64. The minimum Gasteiger partial charge on any atom is -0.497 e. The molecule has 0 aliphatic rings. The maximum atomic E-state index is 14.1. The molecule has 10 heteroatoms. The molecule has 3 aromatic carbocycles. The largest absolute Gasteiger partial charge is 0.497 e. The maximum Gasteiger partial charge on any atom is 0.264 e. The van der Waals surface area contributed by atoms with E-state index in [9.17, 15) is 18.0 Å². The summed E-state index contributed by atoms with van der Waals surface area (Å²) >= 11 is 6.44. The van der Waals surface area contributed by atoms with Crippen molar-refractivity contribution in [3.63, 3.8) is 0 Å². The van der Waals surface area contributed by atoms with Crippen molar-refractivity contribution < 1.29 is 22.7 Å². The van der Waals surface area contributed by atoms with Gasteiger partial charge in [0.1, 0.15) is 18.3 Å². The van der Waals surface area contributed by atoms with Gasteiger partial charge in [-0.3, -0.25) is 13.9 Å². The molecule has 3 aromatic rings. The third kappa shape index (κ3) is 8.24. The van der Waals surface area contributed by atoms with Crippen LogP contribution in [0.1, 0.15) is 44.2 Å². The predicted molar refractivity (Wildman–Crippen MR) is 163 cm³/mol. The zero-order valence-corrected chi connectivity index (χ0v) is 25.5. The standard InChI is InChI=1S/C31H38ClN3O5S/c1-5-7-20-33-31(37)29(6-2)34(21-24-10-8-9-11-28(24)32)30(36)22-35(25-14-16-26(40-4)17-15-25)41(38,39)27-18-12-23(3)13-19-27/h8-19,29H,5-7,20-22H2,1-4H3,(H,33,37). The predicted octanol–water partition coefficient (Wildman–Crippen LogP) is 5.58. The van der Waals surface area contributed by atoms with Gasteiger partial charge in [-0.05, 0) is 67.8 Å². The fourth-order valence-corrected chi connectivity index (χ4v) is 5.96. The van der Waals surface area contributed by atoms with Gasteiger partial charge in [-0.25, -0.2) is 8.42 Å². The Morgan fingerprint density at radius 1 is 0.976 bits per heavy atom. The SMILES string of the molecule is CCCCNC(=O)C(CC)N(Cc1ccccc1Cl)C(=O)CN(c1ccc(OC)cc1)S(=O)(=O)c1ccc(C)cc1. The number of aryl methyl sites for hydroxylation is 1. The summed E-state index contributed by atoms with van der Waals surface area (Å²) in [6.45, 7) is 5.72. The van der Waals surface area contributed by atoms with Gasteiger partial charge in [-0.15, -0.1) is 0 Å². The lowest BCUT2D eigenvalue weighted by molar-refractivity contribution is -0.140. The van der Waals surface area contributed by atoms with E-state index >= 15 is 0 Å². The molecule has 8 nitrogen and oxygen atoms in total. The number of amides is 2. The molecule has 0 bridgehead atoms. The van der Waals surface area contributed by atoms with Gasteiger partial charge in [0, 0.05) is 18.1 Å². The number of rotatable bonds is 14. The zero-order valence-electron chi connectivity index (χ0n) is 24.0. The van der Waals surface area contributed by atoms with Crippen molar-refractivity contribution in [2.24, 2.45) is 0 Å². The summed E-state index contributed by atoms with van der Waals surface area (Å²) in [6, 6.07) is 19.2. The minimum absolute atomic E-state index is 0.0409. The van der Waals surface area contributed by atoms with Crippen LogP contribution in [0.15, 0.2) is 77.7 Å². The Morgan fingerprint density at radius 2 is 1.63 bits per heavy atom. The molecule has 0 aliphatic carbocycles. The van der Waals surface area contributed by atoms with Crippen LogP contribution in [0.5, 0.6) is 5.75 Å². The molecule has 1 unspecified atom stereocenters. The topological polar surface area (TPSA) is 96.0 Å². The molecule has 0 saturated heterocycles. The van der Waals surface area contributed by atoms with Crippen molar-refractivity contribution in [3.05, 3.63) is 88.9 Å². The molecular formula is C31H38ClN3O5S. The van der Waals surface area contributed by atoms with Crippen molar-refractivity contribution in [2.75, 3.05) is 24.5 Å². The molecule has 1 N–H and O–H groups in total. The highest BCUT2D eigenvalue weighted by molar-refractivity contribution is 7.92. The molecule has 0 saturated carbocycles. The van der Waals surface area contributed by atoms with Crippen molar-refractivity contribution in [3.8, 4) is 5.75 Å². The van der Waals surface area contributed by atoms with E-state index in [0.29, 0.717) is 29.3 Å². The summed E-state index contributed by atoms with van der Waals surface area (Å²) in [5.41, 5.74) is 1.85. The second-order valence-corrected chi connectivity index (χ2v) is 12.0. The molecule has 0 aliphatic heterocycles. The monoisotopic (exact) mass is 599 g/mol. The number of carbonyl (C=O) groups is 2. The molecule has 2 amide bonds. The van der Waals surface area contributed by atoms with Crippen LogP contribution < -0.4 is 14.4 Å². The van der Waals surface area contributed by atoms with Gasteiger partial charge in [-0.2, -0.15) is 0 Å². The Labute approximate surface area is 248 Å². The van der Waals surface area contributed by atoms with Crippen LogP contribution in [0.25, 0.3) is 0 Å². The molecular weight excluding hydrogens is 562 g/mol. The quantitative estimate of drug-likeness (QED) is 0.244. The third-order valence-corrected chi connectivity index (χ3v) is 8.92. The molecule has 0 radical (unpaired) electrons. The normalized spacial score (nSPS) is 11.9. The number of hydrogen-bond acceptors (Lipinski definition) is 5. The second-order valence-electron chi connectivity index (χ2n) is 9.70. The van der Waals surface area contributed by atoms with E-state index in [1.165, 1.54) is 24.1 Å². The number of nitrogens with zero attached hydrogens (tertiary/aromatic N) is 2. The number of nitrogens with one attached hydrogen (secondary N) is 1. The molecule has 0 heterocycles. The van der Waals surface area contributed by atoms with E-state index in [-0.39, 0.29) is 23.0 Å². The molecule has 0 aromatic heterocycles. The fraction of sp³-hybridized carbons (Fsp3) is 0.355. The van der Waals surface area contributed by atoms with Gasteiger partial charge in [0.05, 0.1) is 17.7 Å². The molecule has 1 atom stereocenters. The second kappa shape index (κ2) is 14.9. The summed E-state index contributed by atoms with van der Waals surface area (Å²) in [5.74, 6) is -0.282. The number of anilines is 1. The van der Waals surface area contributed by atoms with Gasteiger partial charge in [0.2, 0.25) is 11.8 Å². The Bertz CT molecular complexity index is 1410. The van der Waals surface area contributed by atoms with Gasteiger partial charge < -0.3 is 15.0 Å². The van der Waals surface area contributed by atoms with Crippen LogP contribution in [0.4, 0.5) is 5.69 Å². The summed E-state index contributed by atoms with van der Waals surface area (Å²) in [6.07, 6.45) is 2.05. The lowest BCUT2D eigenvalue weighted by Gasteiger charge is -2.33. The summed E-state index contributed by atoms with van der Waals surface area (Å²) < 4.78 is 34.2. The fourth-order valence-electron chi connectivity index (χ4n) is 4.35. The van der Waals surface area contributed by atoms with Gasteiger partial charge in [0.25, 0.3) is 10.0 Å². The minimum atomic E-state index is -4.15. The van der Waals surface area contributed by atoms with Crippen LogP contribution in [0.2, 0.25) is 5.02 Å². The van der Waals surface area contributed by atoms with Crippen LogP contribution in [0, 0.1) is 6.92 Å². The van der Waals surface area contributed by atoms with Gasteiger partial charge in [-0.1, -0.05) is 67.8 Å². The van der Waals surface area contributed by atoms with Crippen LogP contribution in [-0.2, 0) is 26.2 Å². The zero-order chi connectivity index (χ0) is 30.0. The molecule has 0 spiro atoms. The van der Waals surface area contributed by atoms with Gasteiger partial charge in [0.15, 0.2) is 0 Å². The van der Waals surface area contributed by atoms with E-state index < -0.39 is 28.5 Å². The van der Waals surface area contributed by atoms with E-state index in [2.05, 4.69) is 5.32 Å². The third-order valence-electron chi connectivity index (χ3n) is 6.76. The van der Waals surface area contributed by atoms with Gasteiger partial charge >= 0.3 is 0 Å². The Hall–Kier alpha value is -3.56. The lowest BCUT2D eigenvalue weighted by Crippen LogP contribution is -2.52. The number of unbranched alkanes of at least 4 members (excludes halogenated alkanes) is 1. The molecule has 220 valence electrons. The first kappa shape index (κ1) is 32.0. The number of carbonyl (C=O) groups excluding carboxylic acids is 2. The first-order valence-corrected chi connectivity index (χ1v) is 15.5. The van der Waals surface area contributed by atoms with E-state index in [4.69, 9.17) is 16.3 Å². The number of sulfonamides is 1. The van der Waals surface area contributed by atoms with Crippen molar-refractivity contribution in [2.45, 2.75) is 57.5 Å². The average Bonchev–Trinajstić information content (AvgIpc) is 2.97. The number of hydrogen-bond donors (Lipinski definition) is 1. The maximum absolute atomic E-state index is 14.1. The van der Waals surface area contributed by atoms with Crippen LogP contribution in [-0.4, -0.2) is 51.4 Å². The first-order valence-electron chi connectivity index (χ1n) is 13.7. The van der Waals surface area contributed by atoms with Crippen molar-refractivity contribution in [1.82, 2.24) is 10.2 Å². The lowest BCUT2D eigenvalue weighted by atomic mass is 10.1. The van der Waals surface area contributed by atoms with Crippen molar-refractivity contribution >= 4 is 39.1 Å². The van der Waals surface area contributed by atoms with E-state index in [0.717, 1.165) is 22.7 Å². The highest BCUT2D eigenvalue weighted by Crippen LogP contribution is 2.27. The molecule has 41 heavy (non-hydrogen) atoms. The Morgan fingerprint density at radius 3 is 2.22 bits per heavy atom. The van der Waals surface area contributed by atoms with E-state index in [1.807, 2.05) is 20.8 Å². The highest BCUT2D eigenvalue weighted by Gasteiger charge is 2.34. The Kier molecular flexibility index (Phi) is 11.6. The summed E-state index contributed by atoms with van der Waals surface area (Å²) in [4.78, 5) is 28.8. The number of benzene rings is 3. The molecule has 0 fully saturated rings. The van der Waals surface area contributed by atoms with Crippen molar-refractivity contribution in [1.29, 1.82) is 0 Å². The number of ether oxygens (including phenoxy) is 1. The number of halogens is 1. The first-order chi connectivity index (χ1) is 19.6. The smallest absolute Gasteiger partial charge is 0.264 e.